The Morgan fingerprint density at radius 3 is 2.00 bits per heavy atom. The molecule has 6 nitrogen and oxygen atoms in total. The molecule has 0 rings (SSSR count). The summed E-state index contributed by atoms with van der Waals surface area (Å²) in [6.45, 7) is 5.41. The highest BCUT2D eigenvalue weighted by atomic mass is 35.5. The molecule has 0 aromatic rings. The Balaban J connectivity index is 0. The van der Waals surface area contributed by atoms with Gasteiger partial charge in [0.15, 0.2) is 0 Å². The van der Waals surface area contributed by atoms with Gasteiger partial charge in [0, 0.05) is 11.5 Å². The second kappa shape index (κ2) is 17.9. The zero-order chi connectivity index (χ0) is 11.9. The molecule has 0 fully saturated rings. The van der Waals surface area contributed by atoms with Crippen LogP contribution in [-0.4, -0.2) is 39.3 Å². The lowest BCUT2D eigenvalue weighted by atomic mass is 10.3. The summed E-state index contributed by atoms with van der Waals surface area (Å²) < 4.78 is 0. The van der Waals surface area contributed by atoms with Gasteiger partial charge in [-0.15, -0.1) is 12.4 Å². The summed E-state index contributed by atoms with van der Waals surface area (Å²) in [7, 11) is 0. The van der Waals surface area contributed by atoms with Gasteiger partial charge in [-0.2, -0.15) is 0 Å². The van der Waals surface area contributed by atoms with Crippen molar-refractivity contribution in [2.45, 2.75) is 25.7 Å². The molecule has 7 heteroatoms. The molecule has 102 valence electrons. The standard InChI is InChI=1S/C10H24N6.ClH/c11-5-3-8-13-6-1-2-7-14-9-4-10-15-16-12;/h13-14H,1-11H2;1H. The summed E-state index contributed by atoms with van der Waals surface area (Å²) in [6.07, 6.45) is 4.33. The van der Waals surface area contributed by atoms with Crippen molar-refractivity contribution in [3.8, 4) is 0 Å². The molecular formula is C10H25ClN6. The number of unbranched alkanes of at least 4 members (excludes halogenated alkanes) is 1. The number of nitrogens with one attached hydrogen (secondary N) is 2. The second-order valence-electron chi connectivity index (χ2n) is 3.66. The molecule has 0 unspecified atom stereocenters. The topological polar surface area (TPSA) is 98.8 Å². The van der Waals surface area contributed by atoms with Crippen molar-refractivity contribution in [2.75, 3.05) is 39.3 Å². The highest BCUT2D eigenvalue weighted by molar-refractivity contribution is 5.85. The Morgan fingerprint density at radius 2 is 1.47 bits per heavy atom. The molecule has 17 heavy (non-hydrogen) atoms. The molecule has 0 heterocycles. The van der Waals surface area contributed by atoms with Crippen molar-refractivity contribution in [2.24, 2.45) is 10.8 Å². The highest BCUT2D eigenvalue weighted by Crippen LogP contribution is 1.86. The molecule has 0 aliphatic rings. The minimum atomic E-state index is 0. The van der Waals surface area contributed by atoms with Crippen LogP contribution in [0.4, 0.5) is 0 Å². The van der Waals surface area contributed by atoms with E-state index in [0.717, 1.165) is 45.6 Å². The van der Waals surface area contributed by atoms with Crippen LogP contribution in [0.15, 0.2) is 5.11 Å². The van der Waals surface area contributed by atoms with Crippen molar-refractivity contribution in [3.05, 3.63) is 10.4 Å². The van der Waals surface area contributed by atoms with Gasteiger partial charge in [-0.25, -0.2) is 0 Å². The second-order valence-corrected chi connectivity index (χ2v) is 3.66. The number of rotatable bonds is 12. The normalized spacial score (nSPS) is 9.47. The van der Waals surface area contributed by atoms with Crippen LogP contribution in [0, 0.1) is 0 Å². The number of azide groups is 1. The summed E-state index contributed by atoms with van der Waals surface area (Å²) >= 11 is 0. The van der Waals surface area contributed by atoms with Crippen molar-refractivity contribution in [3.63, 3.8) is 0 Å². The van der Waals surface area contributed by atoms with Crippen LogP contribution in [-0.2, 0) is 0 Å². The van der Waals surface area contributed by atoms with E-state index in [1.807, 2.05) is 0 Å². The van der Waals surface area contributed by atoms with Gasteiger partial charge in [0.2, 0.25) is 0 Å². The maximum Gasteiger partial charge on any atom is 0.0269 e. The SMILES string of the molecule is Cl.[N-]=[N+]=NCCCNCCCCNCCCN. The highest BCUT2D eigenvalue weighted by Gasteiger charge is 1.90. The van der Waals surface area contributed by atoms with Crippen molar-refractivity contribution < 1.29 is 0 Å². The van der Waals surface area contributed by atoms with Crippen molar-refractivity contribution >= 4 is 12.4 Å². The molecule has 0 atom stereocenters. The maximum absolute atomic E-state index is 8.05. The lowest BCUT2D eigenvalue weighted by Gasteiger charge is -2.04. The summed E-state index contributed by atoms with van der Waals surface area (Å²) in [6, 6.07) is 0. The van der Waals surface area contributed by atoms with E-state index in [4.69, 9.17) is 11.3 Å². The Morgan fingerprint density at radius 1 is 0.941 bits per heavy atom. The van der Waals surface area contributed by atoms with Crippen LogP contribution in [0.25, 0.3) is 10.4 Å². The first-order valence-corrected chi connectivity index (χ1v) is 6.04. The summed E-state index contributed by atoms with van der Waals surface area (Å²) in [4.78, 5) is 2.70. The maximum atomic E-state index is 8.05. The third-order valence-corrected chi connectivity index (χ3v) is 2.19. The summed E-state index contributed by atoms with van der Waals surface area (Å²) in [5.41, 5.74) is 13.4. The van der Waals surface area contributed by atoms with E-state index in [1.165, 1.54) is 12.8 Å². The molecule has 0 bridgehead atoms. The third kappa shape index (κ3) is 18.1. The van der Waals surface area contributed by atoms with E-state index in [9.17, 15) is 0 Å². The summed E-state index contributed by atoms with van der Waals surface area (Å²) in [5.74, 6) is 0. The van der Waals surface area contributed by atoms with Gasteiger partial charge in [0.25, 0.3) is 0 Å². The fourth-order valence-corrected chi connectivity index (χ4v) is 1.30. The number of nitrogens with zero attached hydrogens (tertiary/aromatic N) is 3. The van der Waals surface area contributed by atoms with E-state index in [2.05, 4.69) is 20.7 Å². The lowest BCUT2D eigenvalue weighted by molar-refractivity contribution is 0.570. The molecular weight excluding hydrogens is 240 g/mol. The van der Waals surface area contributed by atoms with Crippen LogP contribution in [0.2, 0.25) is 0 Å². The molecule has 0 aliphatic heterocycles. The first kappa shape index (κ1) is 18.8. The van der Waals surface area contributed by atoms with Gasteiger partial charge in [-0.05, 0) is 63.9 Å². The fourth-order valence-electron chi connectivity index (χ4n) is 1.30. The molecule has 0 spiro atoms. The molecule has 0 saturated heterocycles. The minimum Gasteiger partial charge on any atom is -0.330 e. The van der Waals surface area contributed by atoms with E-state index in [-0.39, 0.29) is 12.4 Å². The minimum absolute atomic E-state index is 0. The Hall–Kier alpha value is -0.520. The van der Waals surface area contributed by atoms with Gasteiger partial charge in [0.1, 0.15) is 0 Å². The van der Waals surface area contributed by atoms with Crippen LogP contribution < -0.4 is 16.4 Å². The number of hydrogen-bond acceptors (Lipinski definition) is 4. The zero-order valence-corrected chi connectivity index (χ0v) is 11.2. The number of halogens is 1. The number of hydrogen-bond donors (Lipinski definition) is 3. The number of nitrogens with two attached hydrogens (primary N) is 1. The van der Waals surface area contributed by atoms with E-state index in [0.29, 0.717) is 6.54 Å². The molecule has 0 amide bonds. The van der Waals surface area contributed by atoms with Gasteiger partial charge in [-0.1, -0.05) is 5.11 Å². The Kier molecular flexibility index (Phi) is 19.8. The van der Waals surface area contributed by atoms with Gasteiger partial charge in [0.05, 0.1) is 0 Å². The van der Waals surface area contributed by atoms with E-state index in [1.54, 1.807) is 0 Å². The quantitative estimate of drug-likeness (QED) is 0.215. The molecule has 4 N–H and O–H groups in total. The summed E-state index contributed by atoms with van der Waals surface area (Å²) in [5, 5.41) is 10.1. The van der Waals surface area contributed by atoms with Crippen LogP contribution >= 0.6 is 12.4 Å². The predicted octanol–water partition coefficient (Wildman–Crippen LogP) is 1.42. The van der Waals surface area contributed by atoms with Crippen molar-refractivity contribution in [1.82, 2.24) is 10.6 Å². The third-order valence-electron chi connectivity index (χ3n) is 2.19. The predicted molar refractivity (Wildman–Crippen MR) is 74.5 cm³/mol. The lowest BCUT2D eigenvalue weighted by Crippen LogP contribution is -2.21. The smallest absolute Gasteiger partial charge is 0.0269 e. The molecule has 0 saturated carbocycles. The van der Waals surface area contributed by atoms with Gasteiger partial charge in [-0.3, -0.25) is 0 Å². The monoisotopic (exact) mass is 264 g/mol. The fraction of sp³-hybridized carbons (Fsp3) is 1.00. The molecule has 0 aromatic carbocycles. The van der Waals surface area contributed by atoms with Crippen LogP contribution in [0.1, 0.15) is 25.7 Å². The van der Waals surface area contributed by atoms with Crippen LogP contribution in [0.5, 0.6) is 0 Å². The van der Waals surface area contributed by atoms with Crippen molar-refractivity contribution in [1.29, 1.82) is 0 Å². The van der Waals surface area contributed by atoms with Gasteiger partial charge < -0.3 is 16.4 Å². The molecule has 0 radical (unpaired) electrons. The average Bonchev–Trinajstić information content (AvgIpc) is 2.31. The zero-order valence-electron chi connectivity index (χ0n) is 10.4. The van der Waals surface area contributed by atoms with E-state index < -0.39 is 0 Å². The van der Waals surface area contributed by atoms with Gasteiger partial charge >= 0.3 is 0 Å². The molecule has 0 aromatic heterocycles. The molecule has 0 aliphatic carbocycles. The Labute approximate surface area is 110 Å². The largest absolute Gasteiger partial charge is 0.330 e. The first-order valence-electron chi connectivity index (χ1n) is 6.04. The first-order chi connectivity index (χ1) is 7.91. The average molecular weight is 265 g/mol. The van der Waals surface area contributed by atoms with Crippen LogP contribution in [0.3, 0.4) is 0 Å². The van der Waals surface area contributed by atoms with E-state index >= 15 is 0 Å². The Bertz CT molecular complexity index is 184.